The van der Waals surface area contributed by atoms with Crippen LogP contribution >= 0.6 is 0 Å². The van der Waals surface area contributed by atoms with Crippen molar-refractivity contribution < 1.29 is 36.4 Å². The van der Waals surface area contributed by atoms with Crippen LogP contribution in [-0.2, 0) is 34.3 Å². The Kier molecular flexibility index (Phi) is 6.82. The molecule has 0 radical (unpaired) electrons. The molecule has 1 aliphatic rings. The van der Waals surface area contributed by atoms with Crippen LogP contribution in [0.5, 0.6) is 0 Å². The number of fused-ring (bicyclic) bond motifs is 1. The quantitative estimate of drug-likeness (QED) is 0.430. The smallest absolute Gasteiger partial charge is 0.328 e. The van der Waals surface area contributed by atoms with Crippen molar-refractivity contribution in [2.24, 2.45) is 0 Å². The minimum Gasteiger partial charge on any atom is -0.478 e. The second kappa shape index (κ2) is 9.19. The van der Waals surface area contributed by atoms with E-state index in [4.69, 9.17) is 9.94 Å². The summed E-state index contributed by atoms with van der Waals surface area (Å²) in [5, 5.41) is 10.2. The van der Waals surface area contributed by atoms with Gasteiger partial charge < -0.3 is 5.11 Å². The molecule has 0 aliphatic carbocycles. The number of carbonyl (C=O) groups excluding carboxylic acids is 1. The lowest BCUT2D eigenvalue weighted by molar-refractivity contribution is -0.131. The summed E-state index contributed by atoms with van der Waals surface area (Å²) in [6.07, 6.45) is 2.90. The van der Waals surface area contributed by atoms with Crippen LogP contribution in [0, 0.1) is 0 Å². The number of hydrazine groups is 1. The van der Waals surface area contributed by atoms with Crippen LogP contribution in [0.2, 0.25) is 0 Å². The molecule has 0 amide bonds. The minimum atomic E-state index is -4.46. The van der Waals surface area contributed by atoms with Crippen molar-refractivity contribution in [2.75, 3.05) is 16.2 Å². The Morgan fingerprint density at radius 3 is 2.29 bits per heavy atom. The van der Waals surface area contributed by atoms with Crippen LogP contribution in [0.4, 0.5) is 11.4 Å². The molecule has 1 heterocycles. The predicted molar refractivity (Wildman–Crippen MR) is 127 cm³/mol. The Hall–Kier alpha value is -3.64. The van der Waals surface area contributed by atoms with Gasteiger partial charge in [0.05, 0.1) is 32.8 Å². The van der Waals surface area contributed by atoms with Crippen molar-refractivity contribution in [1.82, 2.24) is 5.43 Å². The molecule has 11 nitrogen and oxygen atoms in total. The predicted octanol–water partition coefficient (Wildman–Crippen LogP) is 0.198. The molecule has 0 fully saturated rings. The molecule has 0 unspecified atom stereocenters. The molecular formula is C22H23N3O8S2. The normalized spacial score (nSPS) is 13.9. The van der Waals surface area contributed by atoms with Gasteiger partial charge in [0, 0.05) is 17.6 Å². The first-order valence-electron chi connectivity index (χ1n) is 10.1. The standard InChI is InChI=1S/C22H23N3O8S2/c1-22(2,3)33-25-17-11-9-15(14(13-26)21(17)16(23-25)10-12-20(27)28)24-35(31,32)19-8-6-5-7-18(19)34(4,29)30/h5-12,23-24H,1-4H3,(H,27,28). The molecule has 2 aromatic carbocycles. The summed E-state index contributed by atoms with van der Waals surface area (Å²) in [4.78, 5) is 28.0. The fraction of sp³-hybridized carbons (Fsp3) is 0.227. The Balaban J connectivity index is 2.22. The average Bonchev–Trinajstić information content (AvgIpc) is 3.07. The number of carboxylic acids is 1. The summed E-state index contributed by atoms with van der Waals surface area (Å²) in [5.74, 6) is 0.448. The van der Waals surface area contributed by atoms with Gasteiger partial charge in [-0.2, -0.15) is 5.17 Å². The maximum Gasteiger partial charge on any atom is 0.328 e. The number of carbonyl (C=O) groups is 1. The van der Waals surface area contributed by atoms with Crippen molar-refractivity contribution in [3.05, 3.63) is 59.0 Å². The molecule has 0 bridgehead atoms. The lowest BCUT2D eigenvalue weighted by Crippen LogP contribution is -2.40. The van der Waals surface area contributed by atoms with E-state index in [0.29, 0.717) is 5.69 Å². The number of sulfone groups is 1. The molecule has 0 saturated carbocycles. The van der Waals surface area contributed by atoms with E-state index in [-0.39, 0.29) is 21.8 Å². The van der Waals surface area contributed by atoms with Gasteiger partial charge in [-0.15, -0.1) is 0 Å². The summed E-state index contributed by atoms with van der Waals surface area (Å²) in [6.45, 7) is 5.32. The summed E-state index contributed by atoms with van der Waals surface area (Å²) in [6, 6.07) is 7.80. The average molecular weight is 522 g/mol. The van der Waals surface area contributed by atoms with Gasteiger partial charge in [-0.1, -0.05) is 12.1 Å². The highest BCUT2D eigenvalue weighted by atomic mass is 32.2. The van der Waals surface area contributed by atoms with Crippen molar-refractivity contribution in [1.29, 1.82) is 0 Å². The molecule has 1 aliphatic heterocycles. The highest BCUT2D eigenvalue weighted by molar-refractivity contribution is 7.95. The number of hydrogen-bond acceptors (Lipinski definition) is 9. The maximum atomic E-state index is 13.1. The lowest BCUT2D eigenvalue weighted by atomic mass is 10.1. The van der Waals surface area contributed by atoms with E-state index in [2.05, 4.69) is 10.1 Å². The van der Waals surface area contributed by atoms with Gasteiger partial charge in [-0.25, -0.2) is 31.3 Å². The molecule has 13 heteroatoms. The van der Waals surface area contributed by atoms with Crippen LogP contribution in [0.1, 0.15) is 20.8 Å². The van der Waals surface area contributed by atoms with Crippen molar-refractivity contribution in [3.8, 4) is 0 Å². The second-order valence-electron chi connectivity index (χ2n) is 8.50. The molecule has 3 N–H and O–H groups in total. The van der Waals surface area contributed by atoms with Crippen LogP contribution in [0.25, 0.3) is 5.70 Å². The van der Waals surface area contributed by atoms with Crippen molar-refractivity contribution in [2.45, 2.75) is 36.2 Å². The number of benzene rings is 2. The number of rotatable bonds is 7. The number of nitrogens with one attached hydrogen (secondary N) is 2. The van der Waals surface area contributed by atoms with E-state index in [9.17, 15) is 26.4 Å². The van der Waals surface area contributed by atoms with E-state index in [0.717, 1.165) is 24.5 Å². The monoisotopic (exact) mass is 521 g/mol. The first-order chi connectivity index (χ1) is 16.1. The fourth-order valence-corrected chi connectivity index (χ4v) is 5.95. The largest absolute Gasteiger partial charge is 0.478 e. The summed E-state index contributed by atoms with van der Waals surface area (Å²) in [5.41, 5.74) is 2.41. The van der Waals surface area contributed by atoms with E-state index < -0.39 is 41.2 Å². The van der Waals surface area contributed by atoms with Crippen LogP contribution < -0.4 is 25.8 Å². The number of sulfonamides is 1. The Bertz CT molecular complexity index is 1580. The molecule has 3 rings (SSSR count). The zero-order valence-corrected chi connectivity index (χ0v) is 20.8. The lowest BCUT2D eigenvalue weighted by Gasteiger charge is -2.28. The van der Waals surface area contributed by atoms with Gasteiger partial charge in [0.25, 0.3) is 10.0 Å². The van der Waals surface area contributed by atoms with Gasteiger partial charge in [0.2, 0.25) is 0 Å². The van der Waals surface area contributed by atoms with E-state index in [1.165, 1.54) is 35.5 Å². The van der Waals surface area contributed by atoms with Crippen LogP contribution in [-0.4, -0.2) is 45.7 Å². The van der Waals surface area contributed by atoms with Gasteiger partial charge in [0.15, 0.2) is 9.84 Å². The molecule has 186 valence electrons. The molecule has 2 aromatic rings. The third-order valence-corrected chi connectivity index (χ3v) is 7.24. The van der Waals surface area contributed by atoms with Crippen LogP contribution in [0.15, 0.2) is 58.3 Å². The second-order valence-corrected chi connectivity index (χ2v) is 12.1. The number of hydrogen-bond donors (Lipinski definition) is 3. The molecular weight excluding hydrogens is 498 g/mol. The highest BCUT2D eigenvalue weighted by Gasteiger charge is 2.28. The Labute approximate surface area is 201 Å². The highest BCUT2D eigenvalue weighted by Crippen LogP contribution is 2.24. The zero-order valence-electron chi connectivity index (χ0n) is 19.2. The first kappa shape index (κ1) is 26.0. The first-order valence-corrected chi connectivity index (χ1v) is 13.4. The fourth-order valence-electron chi connectivity index (χ4n) is 3.25. The van der Waals surface area contributed by atoms with Crippen molar-refractivity contribution >= 4 is 48.8 Å². The van der Waals surface area contributed by atoms with E-state index in [1.54, 1.807) is 26.7 Å². The molecule has 0 saturated heterocycles. The number of aliphatic carboxylic acids is 1. The third-order valence-electron chi connectivity index (χ3n) is 4.54. The van der Waals surface area contributed by atoms with Crippen molar-refractivity contribution in [3.63, 3.8) is 0 Å². The molecule has 35 heavy (non-hydrogen) atoms. The maximum absolute atomic E-state index is 13.1. The Morgan fingerprint density at radius 1 is 1.11 bits per heavy atom. The summed E-state index contributed by atoms with van der Waals surface area (Å²) >= 11 is 0. The number of anilines is 2. The molecule has 0 aromatic heterocycles. The summed E-state index contributed by atoms with van der Waals surface area (Å²) < 4.78 is 52.7. The van der Waals surface area contributed by atoms with Gasteiger partial charge in [-0.3, -0.25) is 10.1 Å². The van der Waals surface area contributed by atoms with E-state index >= 15 is 0 Å². The van der Waals surface area contributed by atoms with Gasteiger partial charge in [-0.05, 0) is 51.1 Å². The SMILES string of the molecule is CC(C)(C)ON1NC(C=CC(=O)O)=c2c1ccc(NS(=O)(=O)c1ccccc1S(C)(=O)=O)c2=C=O. The number of carboxylic acid groups (broad SMARTS) is 1. The molecule has 0 spiro atoms. The topological polar surface area (TPSA) is 159 Å². The molecule has 0 atom stereocenters. The van der Waals surface area contributed by atoms with Crippen LogP contribution in [0.3, 0.4) is 0 Å². The third kappa shape index (κ3) is 5.72. The van der Waals surface area contributed by atoms with Gasteiger partial charge in [0.1, 0.15) is 10.8 Å². The Morgan fingerprint density at radius 2 is 1.74 bits per heavy atom. The summed E-state index contributed by atoms with van der Waals surface area (Å²) in [7, 11) is -8.34. The van der Waals surface area contributed by atoms with E-state index in [1.807, 2.05) is 0 Å². The van der Waals surface area contributed by atoms with Gasteiger partial charge >= 0.3 is 5.97 Å². The zero-order chi connectivity index (χ0) is 26.2. The minimum absolute atomic E-state index is 0.137. The number of nitrogens with zero attached hydrogens (tertiary/aromatic N) is 1.